The molecule has 28 heavy (non-hydrogen) atoms. The van der Waals surface area contributed by atoms with Crippen LogP contribution in [0.25, 0.3) is 11.0 Å². The molecule has 0 unspecified atom stereocenters. The van der Waals surface area contributed by atoms with Crippen molar-refractivity contribution in [2.45, 2.75) is 19.5 Å². The Labute approximate surface area is 163 Å². The van der Waals surface area contributed by atoms with E-state index in [0.29, 0.717) is 24.7 Å². The van der Waals surface area contributed by atoms with Gasteiger partial charge in [-0.15, -0.1) is 0 Å². The number of hydrogen-bond acceptors (Lipinski definition) is 2. The predicted octanol–water partition coefficient (Wildman–Crippen LogP) is 4.17. The number of halogens is 1. The number of aryl methyl sites for hydroxylation is 1. The molecule has 0 saturated heterocycles. The minimum Gasteiger partial charge on any atom is -0.493 e. The third kappa shape index (κ3) is 3.69. The number of ether oxygens (including phenoxy) is 1. The second-order valence-electron chi connectivity index (χ2n) is 6.69. The fourth-order valence-electron chi connectivity index (χ4n) is 3.44. The van der Waals surface area contributed by atoms with Crippen LogP contribution in [-0.4, -0.2) is 11.2 Å². The van der Waals surface area contributed by atoms with E-state index in [2.05, 4.69) is 4.57 Å². The van der Waals surface area contributed by atoms with Crippen LogP contribution >= 0.6 is 0 Å². The van der Waals surface area contributed by atoms with Gasteiger partial charge < -0.3 is 4.74 Å². The summed E-state index contributed by atoms with van der Waals surface area (Å²) in [5.74, 6) is 1.26. The van der Waals surface area contributed by atoms with Crippen LogP contribution in [0.4, 0.5) is 10.3 Å². The first-order valence-electron chi connectivity index (χ1n) is 9.42. The van der Waals surface area contributed by atoms with E-state index < -0.39 is 0 Å². The second-order valence-corrected chi connectivity index (χ2v) is 6.69. The molecule has 0 spiro atoms. The van der Waals surface area contributed by atoms with Crippen molar-refractivity contribution in [2.75, 3.05) is 12.3 Å². The summed E-state index contributed by atoms with van der Waals surface area (Å²) >= 11 is 0. The lowest BCUT2D eigenvalue weighted by Crippen LogP contribution is -2.37. The molecule has 0 aliphatic rings. The van der Waals surface area contributed by atoms with E-state index in [4.69, 9.17) is 10.5 Å². The Morgan fingerprint density at radius 1 is 0.893 bits per heavy atom. The van der Waals surface area contributed by atoms with Crippen LogP contribution in [0.3, 0.4) is 0 Å². The topological polar surface area (TPSA) is 44.1 Å². The third-order valence-corrected chi connectivity index (χ3v) is 4.84. The number of rotatable bonds is 7. The lowest BCUT2D eigenvalue weighted by Gasteiger charge is -2.06. The van der Waals surface area contributed by atoms with Crippen molar-refractivity contribution in [2.24, 2.45) is 0 Å². The van der Waals surface area contributed by atoms with Crippen molar-refractivity contribution < 1.29 is 13.7 Å². The van der Waals surface area contributed by atoms with Gasteiger partial charge in [0.25, 0.3) is 0 Å². The van der Waals surface area contributed by atoms with Gasteiger partial charge in [-0.1, -0.05) is 48.5 Å². The van der Waals surface area contributed by atoms with E-state index in [0.717, 1.165) is 29.7 Å². The van der Waals surface area contributed by atoms with Crippen LogP contribution in [-0.2, 0) is 13.1 Å². The monoisotopic (exact) mass is 376 g/mol. The number of para-hydroxylation sites is 3. The molecule has 0 bridgehead atoms. The van der Waals surface area contributed by atoms with Crippen molar-refractivity contribution in [3.05, 3.63) is 90.2 Å². The summed E-state index contributed by atoms with van der Waals surface area (Å²) in [6, 6.07) is 24.6. The minimum absolute atomic E-state index is 0.220. The summed E-state index contributed by atoms with van der Waals surface area (Å²) in [7, 11) is 0. The Morgan fingerprint density at radius 2 is 1.61 bits per heavy atom. The summed E-state index contributed by atoms with van der Waals surface area (Å²) in [6.07, 6.45) is 0.817. The molecular formula is C23H23FN3O+. The first-order chi connectivity index (χ1) is 13.7. The van der Waals surface area contributed by atoms with Gasteiger partial charge in [-0.3, -0.25) is 5.73 Å². The fourth-order valence-corrected chi connectivity index (χ4v) is 3.44. The Kier molecular flexibility index (Phi) is 5.24. The molecule has 0 amide bonds. The number of anilines is 1. The maximum atomic E-state index is 14.1. The molecule has 0 fully saturated rings. The molecule has 5 heteroatoms. The number of fused-ring (bicyclic) bond motifs is 1. The van der Waals surface area contributed by atoms with E-state index >= 15 is 0 Å². The third-order valence-electron chi connectivity index (χ3n) is 4.84. The normalized spacial score (nSPS) is 11.0. The van der Waals surface area contributed by atoms with E-state index in [9.17, 15) is 4.39 Å². The molecule has 0 radical (unpaired) electrons. The molecule has 1 heterocycles. The average Bonchev–Trinajstić information content (AvgIpc) is 2.99. The quantitative estimate of drug-likeness (QED) is 0.389. The molecule has 1 aromatic heterocycles. The van der Waals surface area contributed by atoms with Crippen LogP contribution in [0, 0.1) is 5.82 Å². The zero-order chi connectivity index (χ0) is 19.3. The Balaban J connectivity index is 1.55. The van der Waals surface area contributed by atoms with Gasteiger partial charge in [0.05, 0.1) is 13.2 Å². The molecule has 4 nitrogen and oxygen atoms in total. The highest BCUT2D eigenvalue weighted by atomic mass is 19.1. The summed E-state index contributed by atoms with van der Waals surface area (Å²) in [4.78, 5) is 0. The zero-order valence-corrected chi connectivity index (χ0v) is 15.6. The molecule has 4 aromatic rings. The Morgan fingerprint density at radius 3 is 2.43 bits per heavy atom. The first-order valence-corrected chi connectivity index (χ1v) is 9.42. The van der Waals surface area contributed by atoms with Crippen molar-refractivity contribution in [3.63, 3.8) is 0 Å². The smallest absolute Gasteiger partial charge is 0.356 e. The van der Waals surface area contributed by atoms with Gasteiger partial charge in [0.2, 0.25) is 0 Å². The van der Waals surface area contributed by atoms with E-state index in [1.165, 1.54) is 6.07 Å². The Bertz CT molecular complexity index is 1080. The lowest BCUT2D eigenvalue weighted by molar-refractivity contribution is -0.648. The standard InChI is InChI=1S/C23H22FN3O/c24-20-12-5-4-9-18(20)17-27-22-14-7-6-13-21(22)26(23(27)25)15-8-16-28-19-10-2-1-3-11-19/h1-7,9-14,25H,8,15-17H2/p+1. The number of nitrogens with two attached hydrogens (primary N) is 1. The summed E-state index contributed by atoms with van der Waals surface area (Å²) in [6.45, 7) is 1.72. The van der Waals surface area contributed by atoms with E-state index in [-0.39, 0.29) is 5.82 Å². The summed E-state index contributed by atoms with van der Waals surface area (Å²) in [5.41, 5.74) is 9.12. The molecule has 4 rings (SSSR count). The predicted molar refractivity (Wildman–Crippen MR) is 109 cm³/mol. The number of nitrogen functional groups attached to an aromatic ring is 1. The number of benzene rings is 3. The highest BCUT2D eigenvalue weighted by Crippen LogP contribution is 2.18. The van der Waals surface area contributed by atoms with Crippen LogP contribution in [0.5, 0.6) is 5.75 Å². The highest BCUT2D eigenvalue weighted by molar-refractivity contribution is 5.73. The zero-order valence-electron chi connectivity index (χ0n) is 15.6. The number of nitrogens with zero attached hydrogens (tertiary/aromatic N) is 2. The molecule has 0 aliphatic carbocycles. The van der Waals surface area contributed by atoms with Gasteiger partial charge in [-0.25, -0.2) is 13.5 Å². The first kappa shape index (κ1) is 18.0. The van der Waals surface area contributed by atoms with E-state index in [1.54, 1.807) is 12.1 Å². The molecule has 0 aliphatic heterocycles. The average molecular weight is 376 g/mol. The summed E-state index contributed by atoms with van der Waals surface area (Å²) < 4.78 is 24.0. The van der Waals surface area contributed by atoms with Gasteiger partial charge in [-0.05, 0) is 30.3 Å². The van der Waals surface area contributed by atoms with Crippen molar-refractivity contribution >= 4 is 17.0 Å². The summed E-state index contributed by atoms with van der Waals surface area (Å²) in [5, 5.41) is 0. The largest absolute Gasteiger partial charge is 0.493 e. The van der Waals surface area contributed by atoms with Crippen molar-refractivity contribution in [1.29, 1.82) is 0 Å². The number of hydrogen-bond donors (Lipinski definition) is 1. The van der Waals surface area contributed by atoms with Gasteiger partial charge in [0.15, 0.2) is 0 Å². The van der Waals surface area contributed by atoms with Crippen LogP contribution in [0.1, 0.15) is 12.0 Å². The van der Waals surface area contributed by atoms with Gasteiger partial charge in [0, 0.05) is 12.0 Å². The van der Waals surface area contributed by atoms with Crippen LogP contribution in [0.15, 0.2) is 78.9 Å². The maximum absolute atomic E-state index is 14.1. The molecule has 0 atom stereocenters. The maximum Gasteiger partial charge on any atom is 0.356 e. The van der Waals surface area contributed by atoms with Crippen molar-refractivity contribution in [1.82, 2.24) is 4.57 Å². The van der Waals surface area contributed by atoms with E-state index in [1.807, 2.05) is 65.2 Å². The van der Waals surface area contributed by atoms with Gasteiger partial charge in [-0.2, -0.15) is 0 Å². The van der Waals surface area contributed by atoms with Gasteiger partial charge in [0.1, 0.15) is 29.1 Å². The highest BCUT2D eigenvalue weighted by Gasteiger charge is 2.21. The van der Waals surface area contributed by atoms with Crippen molar-refractivity contribution in [3.8, 4) is 5.75 Å². The molecule has 3 aromatic carbocycles. The fraction of sp³-hybridized carbons (Fsp3) is 0.174. The second kappa shape index (κ2) is 8.13. The van der Waals surface area contributed by atoms with Gasteiger partial charge >= 0.3 is 5.95 Å². The minimum atomic E-state index is -0.220. The van der Waals surface area contributed by atoms with Crippen LogP contribution < -0.4 is 15.0 Å². The lowest BCUT2D eigenvalue weighted by atomic mass is 10.2. The Hall–Kier alpha value is -3.34. The molecule has 2 N–H and O–H groups in total. The molecular weight excluding hydrogens is 353 g/mol. The number of imidazole rings is 1. The molecule has 142 valence electrons. The molecule has 0 saturated carbocycles. The SMILES string of the molecule is Nc1n(CCCOc2ccccc2)c2ccccc2[n+]1Cc1ccccc1F. The number of aromatic nitrogens is 2. The van der Waals surface area contributed by atoms with Crippen LogP contribution in [0.2, 0.25) is 0 Å².